The molecule has 2 aliphatic rings. The summed E-state index contributed by atoms with van der Waals surface area (Å²) in [6.07, 6.45) is 1.81. The highest BCUT2D eigenvalue weighted by Gasteiger charge is 2.24. The summed E-state index contributed by atoms with van der Waals surface area (Å²) in [7, 11) is 0. The Hall–Kier alpha value is -1.94. The van der Waals surface area contributed by atoms with Gasteiger partial charge in [0.15, 0.2) is 5.82 Å². The van der Waals surface area contributed by atoms with Gasteiger partial charge in [0.2, 0.25) is 0 Å². The number of piperazine rings is 1. The highest BCUT2D eigenvalue weighted by Crippen LogP contribution is 2.21. The molecule has 2 aliphatic heterocycles. The van der Waals surface area contributed by atoms with Crippen LogP contribution in [0.3, 0.4) is 0 Å². The van der Waals surface area contributed by atoms with Crippen molar-refractivity contribution in [1.82, 2.24) is 15.1 Å². The fraction of sp³-hybridized carbons (Fsp3) is 0.421. The van der Waals surface area contributed by atoms with Crippen molar-refractivity contribution in [2.24, 2.45) is 0 Å². The van der Waals surface area contributed by atoms with Crippen LogP contribution < -0.4 is 9.80 Å². The first-order valence-electron chi connectivity index (χ1n) is 9.16. The van der Waals surface area contributed by atoms with Crippen LogP contribution in [-0.2, 0) is 4.74 Å². The van der Waals surface area contributed by atoms with Gasteiger partial charge in [-0.05, 0) is 40.8 Å². The lowest BCUT2D eigenvalue weighted by Crippen LogP contribution is -2.49. The molecule has 0 aliphatic carbocycles. The Labute approximate surface area is 172 Å². The van der Waals surface area contributed by atoms with E-state index in [4.69, 9.17) is 4.74 Å². The number of hydrogen-bond acceptors (Lipinski definition) is 6. The molecule has 0 N–H and O–H groups in total. The number of halogens is 1. The molecular formula is C19H22IN5O2. The van der Waals surface area contributed by atoms with E-state index in [0.29, 0.717) is 13.1 Å². The third-order valence-corrected chi connectivity index (χ3v) is 5.64. The molecule has 0 bridgehead atoms. The first-order valence-corrected chi connectivity index (χ1v) is 10.2. The van der Waals surface area contributed by atoms with Crippen molar-refractivity contribution in [3.8, 4) is 0 Å². The SMILES string of the molecule is O=C(c1cccc(I)c1)N1CCN(c2cc(N3CCOCC3)cnn2)CC1. The largest absolute Gasteiger partial charge is 0.378 e. The van der Waals surface area contributed by atoms with Crippen LogP contribution >= 0.6 is 22.6 Å². The zero-order valence-corrected chi connectivity index (χ0v) is 17.2. The summed E-state index contributed by atoms with van der Waals surface area (Å²) >= 11 is 2.24. The van der Waals surface area contributed by atoms with Crippen LogP contribution in [-0.4, -0.2) is 73.5 Å². The summed E-state index contributed by atoms with van der Waals surface area (Å²) in [6.45, 7) is 6.15. The van der Waals surface area contributed by atoms with Crippen LogP contribution in [0, 0.1) is 3.57 Å². The minimum Gasteiger partial charge on any atom is -0.378 e. The zero-order chi connectivity index (χ0) is 18.6. The number of amides is 1. The lowest BCUT2D eigenvalue weighted by atomic mass is 10.2. The summed E-state index contributed by atoms with van der Waals surface area (Å²) < 4.78 is 6.50. The molecule has 2 saturated heterocycles. The molecule has 142 valence electrons. The molecule has 0 saturated carbocycles. The molecule has 3 heterocycles. The van der Waals surface area contributed by atoms with Gasteiger partial charge in [0.05, 0.1) is 25.1 Å². The van der Waals surface area contributed by atoms with E-state index in [-0.39, 0.29) is 5.91 Å². The summed E-state index contributed by atoms with van der Waals surface area (Å²) in [4.78, 5) is 19.1. The number of carbonyl (C=O) groups excluding carboxylic acids is 1. The molecular weight excluding hydrogens is 457 g/mol. The molecule has 8 heteroatoms. The molecule has 27 heavy (non-hydrogen) atoms. The van der Waals surface area contributed by atoms with Crippen LogP contribution in [0.1, 0.15) is 10.4 Å². The van der Waals surface area contributed by atoms with E-state index in [1.54, 1.807) is 0 Å². The lowest BCUT2D eigenvalue weighted by Gasteiger charge is -2.36. The van der Waals surface area contributed by atoms with Crippen LogP contribution in [0.25, 0.3) is 0 Å². The van der Waals surface area contributed by atoms with Gasteiger partial charge in [-0.2, -0.15) is 5.10 Å². The van der Waals surface area contributed by atoms with Gasteiger partial charge in [-0.1, -0.05) is 6.07 Å². The Kier molecular flexibility index (Phi) is 5.72. The maximum absolute atomic E-state index is 12.7. The van der Waals surface area contributed by atoms with Crippen molar-refractivity contribution in [1.29, 1.82) is 0 Å². The molecule has 1 amide bonds. The molecule has 7 nitrogen and oxygen atoms in total. The minimum atomic E-state index is 0.0984. The maximum Gasteiger partial charge on any atom is 0.254 e. The number of anilines is 2. The van der Waals surface area contributed by atoms with E-state index in [0.717, 1.165) is 60.0 Å². The van der Waals surface area contributed by atoms with Crippen molar-refractivity contribution < 1.29 is 9.53 Å². The standard InChI is InChI=1S/C19H22IN5O2/c20-16-3-1-2-15(12-16)19(26)25-6-4-24(5-7-25)18-13-17(14-21-22-18)23-8-10-27-11-9-23/h1-3,12-14H,4-11H2. The van der Waals surface area contributed by atoms with Crippen molar-refractivity contribution in [3.05, 3.63) is 45.7 Å². The predicted octanol–water partition coefficient (Wildman–Crippen LogP) is 1.88. The van der Waals surface area contributed by atoms with Gasteiger partial charge in [-0.15, -0.1) is 5.10 Å². The number of ether oxygens (including phenoxy) is 1. The smallest absolute Gasteiger partial charge is 0.254 e. The highest BCUT2D eigenvalue weighted by atomic mass is 127. The Morgan fingerprint density at radius 1 is 1.00 bits per heavy atom. The molecule has 2 aromatic rings. The number of nitrogens with zero attached hydrogens (tertiary/aromatic N) is 5. The Morgan fingerprint density at radius 3 is 2.52 bits per heavy atom. The topological polar surface area (TPSA) is 61.8 Å². The van der Waals surface area contributed by atoms with E-state index in [2.05, 4.69) is 48.7 Å². The number of hydrogen-bond donors (Lipinski definition) is 0. The first kappa shape index (κ1) is 18.4. The molecule has 0 atom stereocenters. The monoisotopic (exact) mass is 479 g/mol. The van der Waals surface area contributed by atoms with E-state index < -0.39 is 0 Å². The van der Waals surface area contributed by atoms with Gasteiger partial charge in [-0.25, -0.2) is 0 Å². The third kappa shape index (κ3) is 4.32. The second-order valence-electron chi connectivity index (χ2n) is 6.66. The molecule has 1 aromatic carbocycles. The van der Waals surface area contributed by atoms with E-state index in [1.165, 1.54) is 0 Å². The average molecular weight is 479 g/mol. The number of morpholine rings is 1. The molecule has 4 rings (SSSR count). The molecule has 0 radical (unpaired) electrons. The zero-order valence-electron chi connectivity index (χ0n) is 15.1. The summed E-state index contributed by atoms with van der Waals surface area (Å²) in [5, 5.41) is 8.50. The van der Waals surface area contributed by atoms with Gasteiger partial charge < -0.3 is 19.4 Å². The van der Waals surface area contributed by atoms with Gasteiger partial charge in [0.25, 0.3) is 5.91 Å². The Bertz CT molecular complexity index is 804. The van der Waals surface area contributed by atoms with Crippen LogP contribution in [0.4, 0.5) is 11.5 Å². The van der Waals surface area contributed by atoms with Crippen molar-refractivity contribution in [3.63, 3.8) is 0 Å². The lowest BCUT2D eigenvalue weighted by molar-refractivity contribution is 0.0746. The van der Waals surface area contributed by atoms with E-state index in [9.17, 15) is 4.79 Å². The third-order valence-electron chi connectivity index (χ3n) is 4.97. The molecule has 2 fully saturated rings. The first-order chi connectivity index (χ1) is 13.2. The van der Waals surface area contributed by atoms with Gasteiger partial charge >= 0.3 is 0 Å². The fourth-order valence-electron chi connectivity index (χ4n) is 3.44. The predicted molar refractivity (Wildman–Crippen MR) is 112 cm³/mol. The average Bonchev–Trinajstić information content (AvgIpc) is 2.74. The number of benzene rings is 1. The number of rotatable bonds is 3. The van der Waals surface area contributed by atoms with Crippen LogP contribution in [0.2, 0.25) is 0 Å². The Morgan fingerprint density at radius 2 is 1.78 bits per heavy atom. The Balaban J connectivity index is 1.40. The normalized spacial score (nSPS) is 17.9. The van der Waals surface area contributed by atoms with E-state index in [1.807, 2.05) is 35.4 Å². The van der Waals surface area contributed by atoms with Gasteiger partial charge in [0.1, 0.15) is 0 Å². The van der Waals surface area contributed by atoms with Crippen LogP contribution in [0.5, 0.6) is 0 Å². The molecule has 0 spiro atoms. The van der Waals surface area contributed by atoms with Crippen molar-refractivity contribution in [2.45, 2.75) is 0 Å². The molecule has 0 unspecified atom stereocenters. The molecule has 1 aromatic heterocycles. The summed E-state index contributed by atoms with van der Waals surface area (Å²) in [6, 6.07) is 9.84. The van der Waals surface area contributed by atoms with Crippen LogP contribution in [0.15, 0.2) is 36.5 Å². The summed E-state index contributed by atoms with van der Waals surface area (Å²) in [5.74, 6) is 0.974. The second kappa shape index (κ2) is 8.39. The number of aromatic nitrogens is 2. The van der Waals surface area contributed by atoms with Crippen molar-refractivity contribution >= 4 is 40.0 Å². The summed E-state index contributed by atoms with van der Waals surface area (Å²) in [5.41, 5.74) is 1.84. The second-order valence-corrected chi connectivity index (χ2v) is 7.91. The minimum absolute atomic E-state index is 0.0984. The van der Waals surface area contributed by atoms with Crippen molar-refractivity contribution in [2.75, 3.05) is 62.3 Å². The fourth-order valence-corrected chi connectivity index (χ4v) is 3.98. The number of carbonyl (C=O) groups is 1. The van der Waals surface area contributed by atoms with E-state index >= 15 is 0 Å². The maximum atomic E-state index is 12.7. The quantitative estimate of drug-likeness (QED) is 0.627. The van der Waals surface area contributed by atoms with Gasteiger partial charge in [0, 0.05) is 54.5 Å². The van der Waals surface area contributed by atoms with Gasteiger partial charge in [-0.3, -0.25) is 4.79 Å². The highest BCUT2D eigenvalue weighted by molar-refractivity contribution is 14.1.